The molecule has 3 aliphatic rings. The van der Waals surface area contributed by atoms with Gasteiger partial charge in [0.25, 0.3) is 0 Å². The summed E-state index contributed by atoms with van der Waals surface area (Å²) in [6.45, 7) is 0. The summed E-state index contributed by atoms with van der Waals surface area (Å²) in [7, 11) is 0. The molecule has 0 heterocycles. The van der Waals surface area contributed by atoms with Gasteiger partial charge in [0.1, 0.15) is 0 Å². The van der Waals surface area contributed by atoms with Crippen molar-refractivity contribution < 1.29 is 0 Å². The van der Waals surface area contributed by atoms with Crippen molar-refractivity contribution in [2.24, 2.45) is 17.3 Å². The Kier molecular flexibility index (Phi) is 3.78. The van der Waals surface area contributed by atoms with Crippen molar-refractivity contribution in [2.75, 3.05) is 0 Å². The molecule has 3 saturated carbocycles. The Morgan fingerprint density at radius 3 is 1.29 bits per heavy atom. The van der Waals surface area contributed by atoms with Crippen LogP contribution in [0.15, 0.2) is 0 Å². The molecule has 0 radical (unpaired) electrons. The Bertz CT molecular complexity index is 204. The zero-order valence-corrected chi connectivity index (χ0v) is 11.6. The van der Waals surface area contributed by atoms with Crippen molar-refractivity contribution >= 4 is 0 Å². The molecule has 3 rings (SSSR count). The first-order chi connectivity index (χ1) is 8.42. The zero-order chi connectivity index (χ0) is 11.6. The van der Waals surface area contributed by atoms with Gasteiger partial charge in [-0.2, -0.15) is 0 Å². The minimum atomic E-state index is 0.834. The van der Waals surface area contributed by atoms with Crippen molar-refractivity contribution in [1.82, 2.24) is 0 Å². The van der Waals surface area contributed by atoms with Crippen LogP contribution in [0.25, 0.3) is 0 Å². The molecule has 98 valence electrons. The predicted molar refractivity (Wildman–Crippen MR) is 74.1 cm³/mol. The summed E-state index contributed by atoms with van der Waals surface area (Å²) in [6, 6.07) is 0. The van der Waals surface area contributed by atoms with Crippen LogP contribution in [-0.2, 0) is 0 Å². The Hall–Kier alpha value is 0. The minimum absolute atomic E-state index is 0.834. The highest BCUT2D eigenvalue weighted by molar-refractivity contribution is 4.97. The molecule has 0 N–H and O–H groups in total. The van der Waals surface area contributed by atoms with E-state index in [2.05, 4.69) is 0 Å². The van der Waals surface area contributed by atoms with Gasteiger partial charge in [-0.05, 0) is 55.8 Å². The molecule has 0 aliphatic heterocycles. The summed E-state index contributed by atoms with van der Waals surface area (Å²) >= 11 is 0. The van der Waals surface area contributed by atoms with Crippen LogP contribution in [-0.4, -0.2) is 0 Å². The minimum Gasteiger partial charge on any atom is -0.0533 e. The summed E-state index contributed by atoms with van der Waals surface area (Å²) < 4.78 is 0. The first-order valence-corrected chi connectivity index (χ1v) is 8.42. The number of rotatable bonds is 2. The standard InChI is InChI=1S/C17H30/c1-3-9-15(10-4-1)17(13-7-8-14-17)16-11-5-2-6-12-16/h15-16H,1-14H2. The van der Waals surface area contributed by atoms with Gasteiger partial charge in [0.2, 0.25) is 0 Å². The van der Waals surface area contributed by atoms with E-state index >= 15 is 0 Å². The molecular formula is C17H30. The van der Waals surface area contributed by atoms with Gasteiger partial charge in [-0.1, -0.05) is 51.4 Å². The predicted octanol–water partition coefficient (Wildman–Crippen LogP) is 5.71. The Morgan fingerprint density at radius 1 is 0.471 bits per heavy atom. The lowest BCUT2D eigenvalue weighted by Gasteiger charge is -2.47. The van der Waals surface area contributed by atoms with Crippen LogP contribution >= 0.6 is 0 Å². The summed E-state index contributed by atoms with van der Waals surface area (Å²) in [5.74, 6) is 2.25. The van der Waals surface area contributed by atoms with E-state index in [-0.39, 0.29) is 0 Å². The summed E-state index contributed by atoms with van der Waals surface area (Å²) in [6.07, 6.45) is 21.8. The lowest BCUT2D eigenvalue weighted by molar-refractivity contribution is 0.0284. The molecule has 0 spiro atoms. The van der Waals surface area contributed by atoms with Crippen molar-refractivity contribution in [1.29, 1.82) is 0 Å². The topological polar surface area (TPSA) is 0 Å². The third kappa shape index (κ3) is 2.29. The van der Waals surface area contributed by atoms with Gasteiger partial charge in [-0.3, -0.25) is 0 Å². The third-order valence-electron chi connectivity index (χ3n) is 6.37. The van der Waals surface area contributed by atoms with Crippen molar-refractivity contribution in [2.45, 2.75) is 89.9 Å². The highest BCUT2D eigenvalue weighted by atomic mass is 14.5. The van der Waals surface area contributed by atoms with E-state index in [1.807, 2.05) is 0 Å². The van der Waals surface area contributed by atoms with Gasteiger partial charge in [-0.15, -0.1) is 0 Å². The van der Waals surface area contributed by atoms with Crippen LogP contribution < -0.4 is 0 Å². The smallest absolute Gasteiger partial charge is 0.0241 e. The van der Waals surface area contributed by atoms with E-state index in [1.54, 1.807) is 77.0 Å². The van der Waals surface area contributed by atoms with E-state index in [1.165, 1.54) is 12.8 Å². The van der Waals surface area contributed by atoms with E-state index in [4.69, 9.17) is 0 Å². The second-order valence-corrected chi connectivity index (χ2v) is 7.11. The van der Waals surface area contributed by atoms with E-state index in [9.17, 15) is 0 Å². The largest absolute Gasteiger partial charge is 0.0533 e. The molecule has 0 aromatic heterocycles. The molecular weight excluding hydrogens is 204 g/mol. The van der Waals surface area contributed by atoms with Crippen LogP contribution in [0.1, 0.15) is 89.9 Å². The van der Waals surface area contributed by atoms with Gasteiger partial charge in [0.15, 0.2) is 0 Å². The Labute approximate surface area is 108 Å². The second kappa shape index (κ2) is 5.33. The fourth-order valence-corrected chi connectivity index (χ4v) is 5.54. The highest BCUT2D eigenvalue weighted by Crippen LogP contribution is 2.57. The quantitative estimate of drug-likeness (QED) is 0.574. The maximum absolute atomic E-state index is 1.60. The molecule has 0 bridgehead atoms. The average molecular weight is 234 g/mol. The molecule has 0 amide bonds. The lowest BCUT2D eigenvalue weighted by atomic mass is 9.58. The number of hydrogen-bond acceptors (Lipinski definition) is 0. The lowest BCUT2D eigenvalue weighted by Crippen LogP contribution is -2.38. The van der Waals surface area contributed by atoms with Gasteiger partial charge < -0.3 is 0 Å². The first kappa shape index (κ1) is 12.1. The van der Waals surface area contributed by atoms with Crippen LogP contribution in [0, 0.1) is 17.3 Å². The molecule has 0 aromatic carbocycles. The highest BCUT2D eigenvalue weighted by Gasteiger charge is 2.46. The van der Waals surface area contributed by atoms with Crippen LogP contribution in [0.2, 0.25) is 0 Å². The van der Waals surface area contributed by atoms with E-state index in [0.29, 0.717) is 0 Å². The van der Waals surface area contributed by atoms with Crippen LogP contribution in [0.4, 0.5) is 0 Å². The monoisotopic (exact) mass is 234 g/mol. The third-order valence-corrected chi connectivity index (χ3v) is 6.37. The molecule has 3 fully saturated rings. The fraction of sp³-hybridized carbons (Fsp3) is 1.00. The molecule has 0 atom stereocenters. The number of hydrogen-bond donors (Lipinski definition) is 0. The van der Waals surface area contributed by atoms with E-state index in [0.717, 1.165) is 17.3 Å². The molecule has 0 heteroatoms. The second-order valence-electron chi connectivity index (χ2n) is 7.11. The van der Waals surface area contributed by atoms with Crippen molar-refractivity contribution in [3.8, 4) is 0 Å². The van der Waals surface area contributed by atoms with Gasteiger partial charge >= 0.3 is 0 Å². The van der Waals surface area contributed by atoms with Crippen molar-refractivity contribution in [3.05, 3.63) is 0 Å². The average Bonchev–Trinajstić information content (AvgIpc) is 2.91. The molecule has 17 heavy (non-hydrogen) atoms. The van der Waals surface area contributed by atoms with E-state index < -0.39 is 0 Å². The summed E-state index contributed by atoms with van der Waals surface area (Å²) in [5.41, 5.74) is 0.834. The molecule has 0 unspecified atom stereocenters. The van der Waals surface area contributed by atoms with Gasteiger partial charge in [0, 0.05) is 0 Å². The fourth-order valence-electron chi connectivity index (χ4n) is 5.54. The van der Waals surface area contributed by atoms with Gasteiger partial charge in [-0.25, -0.2) is 0 Å². The SMILES string of the molecule is C1CCC(C2(C3CCCCC3)CCCC2)CC1. The molecule has 0 nitrogen and oxygen atoms in total. The Balaban J connectivity index is 1.75. The molecule has 3 aliphatic carbocycles. The van der Waals surface area contributed by atoms with Crippen LogP contribution in [0.5, 0.6) is 0 Å². The van der Waals surface area contributed by atoms with Crippen LogP contribution in [0.3, 0.4) is 0 Å². The normalized spacial score (nSPS) is 31.8. The molecule has 0 aromatic rings. The summed E-state index contributed by atoms with van der Waals surface area (Å²) in [5, 5.41) is 0. The zero-order valence-electron chi connectivity index (χ0n) is 11.6. The van der Waals surface area contributed by atoms with Gasteiger partial charge in [0.05, 0.1) is 0 Å². The Morgan fingerprint density at radius 2 is 0.882 bits per heavy atom. The van der Waals surface area contributed by atoms with Crippen molar-refractivity contribution in [3.63, 3.8) is 0 Å². The maximum Gasteiger partial charge on any atom is -0.0241 e. The maximum atomic E-state index is 1.60. The molecule has 0 saturated heterocycles. The first-order valence-electron chi connectivity index (χ1n) is 8.42. The summed E-state index contributed by atoms with van der Waals surface area (Å²) in [4.78, 5) is 0.